The van der Waals surface area contributed by atoms with Crippen LogP contribution < -0.4 is 4.90 Å². The van der Waals surface area contributed by atoms with Gasteiger partial charge in [-0.1, -0.05) is 66.2 Å². The van der Waals surface area contributed by atoms with Crippen molar-refractivity contribution >= 4 is 39.3 Å². The van der Waals surface area contributed by atoms with Crippen molar-refractivity contribution in [3.63, 3.8) is 0 Å². The van der Waals surface area contributed by atoms with Gasteiger partial charge in [0.2, 0.25) is 0 Å². The molecule has 0 aliphatic carbocycles. The van der Waals surface area contributed by atoms with Gasteiger partial charge in [0.1, 0.15) is 0 Å². The van der Waals surface area contributed by atoms with E-state index in [9.17, 15) is 20.1 Å². The molecule has 0 unspecified atom stereocenters. The minimum atomic E-state index is -0.370. The zero-order valence-corrected chi connectivity index (χ0v) is 23.8. The molecule has 0 saturated carbocycles. The number of aryl methyl sites for hydroxylation is 3. The van der Waals surface area contributed by atoms with E-state index in [4.69, 9.17) is 0 Å². The number of amides is 2. The maximum atomic E-state index is 14.3. The maximum absolute atomic E-state index is 14.3. The van der Waals surface area contributed by atoms with Crippen molar-refractivity contribution in [2.45, 2.75) is 20.8 Å². The number of carbonyl (C=O) groups is 2. The zero-order chi connectivity index (χ0) is 30.0. The number of imide groups is 1. The fraction of sp³-hybridized carbons (Fsp3) is 0.0811. The van der Waals surface area contributed by atoms with Crippen molar-refractivity contribution in [2.24, 2.45) is 0 Å². The molecule has 0 fully saturated rings. The number of hydrogen-bond donors (Lipinski definition) is 0. The number of anilines is 1. The number of hydrogen-bond acceptors (Lipinski definition) is 4. The first-order valence-electron chi connectivity index (χ1n) is 13.9. The molecule has 2 amide bonds. The number of rotatable bonds is 3. The molecule has 6 nitrogen and oxygen atoms in total. The second-order valence-electron chi connectivity index (χ2n) is 10.9. The first kappa shape index (κ1) is 26.0. The Bertz CT molecular complexity index is 2270. The normalized spacial score (nSPS) is 12.5. The van der Waals surface area contributed by atoms with Gasteiger partial charge in [0.25, 0.3) is 11.8 Å². The van der Waals surface area contributed by atoms with Gasteiger partial charge in [-0.2, -0.15) is 10.5 Å². The smallest absolute Gasteiger partial charge is 0.268 e. The van der Waals surface area contributed by atoms with Gasteiger partial charge in [0, 0.05) is 21.9 Å². The van der Waals surface area contributed by atoms with E-state index in [-0.39, 0.29) is 11.8 Å². The minimum absolute atomic E-state index is 0.338. The summed E-state index contributed by atoms with van der Waals surface area (Å²) in [7, 11) is 0. The van der Waals surface area contributed by atoms with Crippen molar-refractivity contribution < 1.29 is 9.59 Å². The van der Waals surface area contributed by atoms with E-state index in [1.807, 2.05) is 92.1 Å². The van der Waals surface area contributed by atoms with Gasteiger partial charge >= 0.3 is 0 Å². The van der Waals surface area contributed by atoms with Gasteiger partial charge < -0.3 is 4.57 Å². The first-order chi connectivity index (χ1) is 20.8. The lowest BCUT2D eigenvalue weighted by Gasteiger charge is -2.20. The molecular formula is C37H24N4O2. The maximum Gasteiger partial charge on any atom is 0.268 e. The zero-order valence-electron chi connectivity index (χ0n) is 23.8. The number of nitriles is 2. The lowest BCUT2D eigenvalue weighted by molar-refractivity contribution is 0.0925. The Labute approximate surface area is 248 Å². The van der Waals surface area contributed by atoms with Crippen molar-refractivity contribution in [1.29, 1.82) is 10.5 Å². The third-order valence-corrected chi connectivity index (χ3v) is 8.25. The van der Waals surface area contributed by atoms with E-state index in [0.717, 1.165) is 44.1 Å². The van der Waals surface area contributed by atoms with E-state index in [2.05, 4.69) is 12.1 Å². The molecule has 0 spiro atoms. The van der Waals surface area contributed by atoms with Crippen molar-refractivity contribution in [1.82, 2.24) is 4.57 Å². The van der Waals surface area contributed by atoms with Crippen LogP contribution in [0.15, 0.2) is 91.0 Å². The summed E-state index contributed by atoms with van der Waals surface area (Å²) >= 11 is 0. The molecule has 1 aliphatic rings. The Morgan fingerprint density at radius 1 is 0.651 bits per heavy atom. The average molecular weight is 557 g/mol. The third kappa shape index (κ3) is 3.71. The Morgan fingerprint density at radius 3 is 2.09 bits per heavy atom. The van der Waals surface area contributed by atoms with Crippen LogP contribution in [-0.2, 0) is 0 Å². The quantitative estimate of drug-likeness (QED) is 0.207. The van der Waals surface area contributed by atoms with Gasteiger partial charge in [-0.05, 0) is 62.2 Å². The molecular weight excluding hydrogens is 532 g/mol. The molecule has 1 aliphatic heterocycles. The number of benzene rings is 5. The summed E-state index contributed by atoms with van der Waals surface area (Å²) in [6.45, 7) is 5.84. The number of nitrogens with zero attached hydrogens (tertiary/aromatic N) is 4. The molecule has 2 heterocycles. The molecule has 7 rings (SSSR count). The van der Waals surface area contributed by atoms with E-state index in [1.54, 1.807) is 24.3 Å². The molecule has 43 heavy (non-hydrogen) atoms. The average Bonchev–Trinajstić information content (AvgIpc) is 3.48. The summed E-state index contributed by atoms with van der Waals surface area (Å²) in [6, 6.07) is 32.7. The van der Waals surface area contributed by atoms with E-state index < -0.39 is 0 Å². The second-order valence-corrected chi connectivity index (χ2v) is 10.9. The van der Waals surface area contributed by atoms with Crippen LogP contribution in [0.4, 0.5) is 5.69 Å². The molecule has 204 valence electrons. The van der Waals surface area contributed by atoms with Crippen molar-refractivity contribution in [2.75, 3.05) is 4.90 Å². The highest BCUT2D eigenvalue weighted by molar-refractivity contribution is 6.36. The Kier molecular flexibility index (Phi) is 5.76. The van der Waals surface area contributed by atoms with Crippen LogP contribution in [-0.4, -0.2) is 16.4 Å². The van der Waals surface area contributed by atoms with E-state index in [0.29, 0.717) is 39.2 Å². The lowest BCUT2D eigenvalue weighted by Crippen LogP contribution is -2.31. The van der Waals surface area contributed by atoms with Gasteiger partial charge in [0.15, 0.2) is 0 Å². The van der Waals surface area contributed by atoms with Crippen LogP contribution in [0, 0.1) is 43.4 Å². The Hall–Kier alpha value is -5.98. The molecule has 0 saturated heterocycles. The number of aromatic nitrogens is 1. The Morgan fingerprint density at radius 2 is 1.35 bits per heavy atom. The van der Waals surface area contributed by atoms with Gasteiger partial charge in [-0.3, -0.25) is 9.59 Å². The summed E-state index contributed by atoms with van der Waals surface area (Å²) in [6.07, 6.45) is 0. The largest absolute Gasteiger partial charge is 0.308 e. The van der Waals surface area contributed by atoms with Crippen LogP contribution in [0.1, 0.15) is 48.5 Å². The highest BCUT2D eigenvalue weighted by atomic mass is 16.2. The van der Waals surface area contributed by atoms with Crippen molar-refractivity contribution in [3.05, 3.63) is 130 Å². The highest BCUT2D eigenvalue weighted by Crippen LogP contribution is 2.42. The first-order valence-corrected chi connectivity index (χ1v) is 13.9. The molecule has 0 atom stereocenters. The summed E-state index contributed by atoms with van der Waals surface area (Å²) in [4.78, 5) is 29.5. The molecule has 0 N–H and O–H groups in total. The Balaban J connectivity index is 1.55. The van der Waals surface area contributed by atoms with Crippen LogP contribution >= 0.6 is 0 Å². The van der Waals surface area contributed by atoms with Crippen LogP contribution in [0.25, 0.3) is 38.6 Å². The number of fused-ring (bicyclic) bond motifs is 4. The van der Waals surface area contributed by atoms with Crippen LogP contribution in [0.2, 0.25) is 0 Å². The molecule has 6 heteroatoms. The van der Waals surface area contributed by atoms with Gasteiger partial charge in [-0.25, -0.2) is 4.90 Å². The fourth-order valence-electron chi connectivity index (χ4n) is 6.61. The minimum Gasteiger partial charge on any atom is -0.308 e. The van der Waals surface area contributed by atoms with Crippen LogP contribution in [0.5, 0.6) is 0 Å². The molecule has 0 radical (unpaired) electrons. The molecule has 5 aromatic carbocycles. The predicted octanol–water partition coefficient (Wildman–Crippen LogP) is 7.92. The second kappa shape index (κ2) is 9.55. The highest BCUT2D eigenvalue weighted by Gasteiger charge is 2.40. The summed E-state index contributed by atoms with van der Waals surface area (Å²) < 4.78 is 2.03. The van der Waals surface area contributed by atoms with E-state index >= 15 is 0 Å². The van der Waals surface area contributed by atoms with Gasteiger partial charge in [0.05, 0.1) is 56.8 Å². The lowest BCUT2D eigenvalue weighted by atomic mass is 9.96. The summed E-state index contributed by atoms with van der Waals surface area (Å²) in [5.74, 6) is -0.720. The van der Waals surface area contributed by atoms with E-state index in [1.165, 1.54) is 4.90 Å². The number of para-hydroxylation sites is 2. The number of carbonyl (C=O) groups excluding carboxylic acids is 2. The topological polar surface area (TPSA) is 89.9 Å². The summed E-state index contributed by atoms with van der Waals surface area (Å²) in [5.41, 5.74) is 8.59. The molecule has 0 bridgehead atoms. The third-order valence-electron chi connectivity index (χ3n) is 8.25. The van der Waals surface area contributed by atoms with Gasteiger partial charge in [-0.15, -0.1) is 0 Å². The fourth-order valence-corrected chi connectivity index (χ4v) is 6.61. The standard InChI is InChI=1S/C37H24N4O2/c1-21-16-22(2)34(23(3)17-21)41-36(42)30-11-7-13-32(33(30)37(41)43)40-31-12-5-4-8-27(31)29-10-6-9-28(35(29)40)26-15-14-24(19-38)18-25(26)20-39/h4-18H,1-3H3. The van der Waals surface area contributed by atoms with Crippen molar-refractivity contribution in [3.8, 4) is 29.0 Å². The SMILES string of the molecule is Cc1cc(C)c(N2C(=O)c3cccc(-n4c5ccccc5c5cccc(-c6ccc(C#N)cc6C#N)c54)c3C2=O)c(C)c1. The summed E-state index contributed by atoms with van der Waals surface area (Å²) in [5, 5.41) is 21.4. The molecule has 6 aromatic rings. The predicted molar refractivity (Wildman–Crippen MR) is 167 cm³/mol. The molecule has 1 aromatic heterocycles. The van der Waals surface area contributed by atoms with Crippen LogP contribution in [0.3, 0.4) is 0 Å². The monoisotopic (exact) mass is 556 g/mol.